The van der Waals surface area contributed by atoms with Crippen molar-refractivity contribution in [1.82, 2.24) is 5.32 Å². The third-order valence-electron chi connectivity index (χ3n) is 3.24. The minimum atomic E-state index is -0.488. The van der Waals surface area contributed by atoms with E-state index < -0.39 is 16.6 Å². The van der Waals surface area contributed by atoms with Gasteiger partial charge >= 0.3 is 0 Å². The molecule has 0 aliphatic rings. The number of nitrogens with zero attached hydrogens (tertiary/aromatic N) is 1. The fourth-order valence-electron chi connectivity index (χ4n) is 1.65. The number of nitro groups is 1. The average Bonchev–Trinajstić information content (AvgIpc) is 2.28. The Kier molecular flexibility index (Phi) is 4.43. The number of nitro benzene ring substituents is 1. The fourth-order valence-corrected chi connectivity index (χ4v) is 1.65. The maximum absolute atomic E-state index is 10.6. The number of hydrogen-bond acceptors (Lipinski definition) is 4. The predicted octanol–water partition coefficient (Wildman–Crippen LogP) is 2.40. The molecule has 0 aliphatic heterocycles. The van der Waals surface area contributed by atoms with Crippen molar-refractivity contribution in [3.05, 3.63) is 39.9 Å². The zero-order valence-electron chi connectivity index (χ0n) is 11.2. The highest BCUT2D eigenvalue weighted by Crippen LogP contribution is 2.21. The highest BCUT2D eigenvalue weighted by atomic mass is 16.6. The summed E-state index contributed by atoms with van der Waals surface area (Å²) in [6.07, 6.45) is -0.488. The van der Waals surface area contributed by atoms with Crippen molar-refractivity contribution in [1.29, 1.82) is 0 Å². The first-order valence-electron chi connectivity index (χ1n) is 5.94. The lowest BCUT2D eigenvalue weighted by molar-refractivity contribution is -0.384. The van der Waals surface area contributed by atoms with E-state index in [2.05, 4.69) is 5.32 Å². The number of aliphatic hydroxyl groups is 1. The Bertz CT molecular complexity index is 413. The van der Waals surface area contributed by atoms with Crippen molar-refractivity contribution < 1.29 is 10.0 Å². The molecule has 0 amide bonds. The Hall–Kier alpha value is -1.46. The maximum Gasteiger partial charge on any atom is 0.269 e. The van der Waals surface area contributed by atoms with E-state index in [1.165, 1.54) is 12.1 Å². The molecule has 0 radical (unpaired) electrons. The van der Waals surface area contributed by atoms with E-state index in [1.807, 2.05) is 20.8 Å². The van der Waals surface area contributed by atoms with E-state index in [4.69, 9.17) is 0 Å². The van der Waals surface area contributed by atoms with Gasteiger partial charge in [0.15, 0.2) is 0 Å². The van der Waals surface area contributed by atoms with Crippen LogP contribution >= 0.6 is 0 Å². The largest absolute Gasteiger partial charge is 0.392 e. The molecule has 2 N–H and O–H groups in total. The van der Waals surface area contributed by atoms with Gasteiger partial charge in [-0.15, -0.1) is 0 Å². The molecule has 5 nitrogen and oxygen atoms in total. The molecule has 18 heavy (non-hydrogen) atoms. The Morgan fingerprint density at radius 3 is 2.17 bits per heavy atom. The van der Waals surface area contributed by atoms with E-state index in [0.717, 1.165) is 5.56 Å². The third-order valence-corrected chi connectivity index (χ3v) is 3.24. The van der Waals surface area contributed by atoms with Crippen LogP contribution in [0.4, 0.5) is 5.69 Å². The maximum atomic E-state index is 10.6. The Labute approximate surface area is 107 Å². The van der Waals surface area contributed by atoms with Gasteiger partial charge in [-0.3, -0.25) is 10.1 Å². The van der Waals surface area contributed by atoms with E-state index in [1.54, 1.807) is 19.1 Å². The van der Waals surface area contributed by atoms with Crippen molar-refractivity contribution in [2.75, 3.05) is 0 Å². The molecule has 1 aromatic carbocycles. The van der Waals surface area contributed by atoms with Gasteiger partial charge in [-0.1, -0.05) is 12.1 Å². The monoisotopic (exact) mass is 252 g/mol. The van der Waals surface area contributed by atoms with Crippen molar-refractivity contribution >= 4 is 5.69 Å². The lowest BCUT2D eigenvalue weighted by atomic mass is 9.96. The second-order valence-corrected chi connectivity index (χ2v) is 5.11. The topological polar surface area (TPSA) is 75.4 Å². The van der Waals surface area contributed by atoms with Crippen molar-refractivity contribution in [3.8, 4) is 0 Å². The normalized spacial score (nSPS) is 15.2. The van der Waals surface area contributed by atoms with Crippen LogP contribution in [0.25, 0.3) is 0 Å². The smallest absolute Gasteiger partial charge is 0.269 e. The molecule has 0 fully saturated rings. The quantitative estimate of drug-likeness (QED) is 0.623. The van der Waals surface area contributed by atoms with Crippen LogP contribution in [-0.4, -0.2) is 21.7 Å². The van der Waals surface area contributed by atoms with E-state index in [0.29, 0.717) is 0 Å². The summed E-state index contributed by atoms with van der Waals surface area (Å²) in [4.78, 5) is 10.1. The number of hydrogen-bond donors (Lipinski definition) is 2. The minimum Gasteiger partial charge on any atom is -0.392 e. The first-order valence-corrected chi connectivity index (χ1v) is 5.94. The Morgan fingerprint density at radius 1 is 1.28 bits per heavy atom. The first-order chi connectivity index (χ1) is 8.24. The van der Waals surface area contributed by atoms with Crippen LogP contribution in [0.15, 0.2) is 24.3 Å². The molecule has 0 saturated heterocycles. The summed E-state index contributed by atoms with van der Waals surface area (Å²) in [6, 6.07) is 6.45. The van der Waals surface area contributed by atoms with Gasteiger partial charge in [0.25, 0.3) is 5.69 Å². The molecule has 1 aromatic rings. The Morgan fingerprint density at radius 2 is 1.78 bits per heavy atom. The van der Waals surface area contributed by atoms with Gasteiger partial charge in [-0.05, 0) is 33.3 Å². The molecule has 2 unspecified atom stereocenters. The number of nitrogens with one attached hydrogen (secondary N) is 1. The molecule has 1 rings (SSSR count). The third kappa shape index (κ3) is 3.51. The van der Waals surface area contributed by atoms with E-state index >= 15 is 0 Å². The van der Waals surface area contributed by atoms with Crippen molar-refractivity contribution in [2.45, 2.75) is 45.4 Å². The zero-order chi connectivity index (χ0) is 13.9. The minimum absolute atomic E-state index is 0.00963. The molecular weight excluding hydrogens is 232 g/mol. The van der Waals surface area contributed by atoms with Gasteiger partial charge in [0.2, 0.25) is 0 Å². The molecular formula is C13H20N2O3. The van der Waals surface area contributed by atoms with Crippen LogP contribution in [0, 0.1) is 10.1 Å². The summed E-state index contributed by atoms with van der Waals surface area (Å²) in [5.41, 5.74) is 0.622. The number of rotatable bonds is 5. The Balaban J connectivity index is 2.79. The van der Waals surface area contributed by atoms with Gasteiger partial charge in [-0.25, -0.2) is 0 Å². The molecule has 0 bridgehead atoms. The van der Waals surface area contributed by atoms with Gasteiger partial charge in [0.05, 0.1) is 11.0 Å². The molecule has 0 spiro atoms. The number of non-ortho nitro benzene ring substituents is 1. The highest BCUT2D eigenvalue weighted by Gasteiger charge is 2.26. The molecule has 0 saturated carbocycles. The van der Waals surface area contributed by atoms with Crippen LogP contribution in [0.1, 0.15) is 39.3 Å². The highest BCUT2D eigenvalue weighted by molar-refractivity contribution is 5.34. The summed E-state index contributed by atoms with van der Waals surface area (Å²) in [7, 11) is 0. The summed E-state index contributed by atoms with van der Waals surface area (Å²) in [5, 5.41) is 23.5. The van der Waals surface area contributed by atoms with Crippen LogP contribution in [-0.2, 0) is 0 Å². The molecule has 2 atom stereocenters. The first kappa shape index (κ1) is 14.6. The lowest BCUT2D eigenvalue weighted by Gasteiger charge is -2.33. The van der Waals surface area contributed by atoms with Crippen molar-refractivity contribution in [3.63, 3.8) is 0 Å². The average molecular weight is 252 g/mol. The summed E-state index contributed by atoms with van der Waals surface area (Å²) in [6.45, 7) is 7.53. The molecule has 0 heterocycles. The molecule has 0 aromatic heterocycles. The zero-order valence-corrected chi connectivity index (χ0v) is 11.2. The SMILES string of the molecule is CC(NC(C)(C)C(C)O)c1ccc([N+](=O)[O-])cc1. The van der Waals surface area contributed by atoms with Gasteiger partial charge in [0, 0.05) is 23.7 Å². The second kappa shape index (κ2) is 5.46. The van der Waals surface area contributed by atoms with Crippen LogP contribution in [0.2, 0.25) is 0 Å². The van der Waals surface area contributed by atoms with E-state index in [-0.39, 0.29) is 11.7 Å². The van der Waals surface area contributed by atoms with Gasteiger partial charge < -0.3 is 10.4 Å². The fraction of sp³-hybridized carbons (Fsp3) is 0.538. The standard InChI is InChI=1S/C13H20N2O3/c1-9(14-13(3,4)10(2)16)11-5-7-12(8-6-11)15(17)18/h5-10,14,16H,1-4H3. The van der Waals surface area contributed by atoms with Gasteiger partial charge in [0.1, 0.15) is 0 Å². The molecule has 0 aliphatic carbocycles. The second-order valence-electron chi connectivity index (χ2n) is 5.11. The van der Waals surface area contributed by atoms with Crippen LogP contribution < -0.4 is 5.32 Å². The summed E-state index contributed by atoms with van der Waals surface area (Å²) in [5.74, 6) is 0. The van der Waals surface area contributed by atoms with Crippen LogP contribution in [0.5, 0.6) is 0 Å². The summed E-state index contributed by atoms with van der Waals surface area (Å²) < 4.78 is 0. The lowest BCUT2D eigenvalue weighted by Crippen LogP contribution is -2.49. The van der Waals surface area contributed by atoms with Crippen LogP contribution in [0.3, 0.4) is 0 Å². The van der Waals surface area contributed by atoms with E-state index in [9.17, 15) is 15.2 Å². The molecule has 100 valence electrons. The summed E-state index contributed by atoms with van der Waals surface area (Å²) >= 11 is 0. The number of aliphatic hydroxyl groups excluding tert-OH is 1. The number of benzene rings is 1. The van der Waals surface area contributed by atoms with Gasteiger partial charge in [-0.2, -0.15) is 0 Å². The van der Waals surface area contributed by atoms with Crippen molar-refractivity contribution in [2.24, 2.45) is 0 Å². The predicted molar refractivity (Wildman–Crippen MR) is 70.4 cm³/mol. The molecule has 5 heteroatoms.